The van der Waals surface area contributed by atoms with Gasteiger partial charge in [-0.2, -0.15) is 0 Å². The second-order valence-corrected chi connectivity index (χ2v) is 5.90. The van der Waals surface area contributed by atoms with Crippen LogP contribution in [0.2, 0.25) is 0 Å². The van der Waals surface area contributed by atoms with Gasteiger partial charge in [-0.3, -0.25) is 0 Å². The molecule has 2 rings (SSSR count). The molecule has 2 aromatic rings. The summed E-state index contributed by atoms with van der Waals surface area (Å²) in [7, 11) is 0. The third kappa shape index (κ3) is 4.80. The Kier molecular flexibility index (Phi) is 6.13. The van der Waals surface area contributed by atoms with Gasteiger partial charge in [-0.15, -0.1) is 13.2 Å². The lowest BCUT2D eigenvalue weighted by Gasteiger charge is -2.26. The third-order valence-electron chi connectivity index (χ3n) is 3.98. The van der Waals surface area contributed by atoms with Crippen molar-refractivity contribution < 1.29 is 0 Å². The van der Waals surface area contributed by atoms with Crippen molar-refractivity contribution in [2.24, 2.45) is 5.73 Å². The first-order chi connectivity index (χ1) is 11.2. The molecule has 0 aromatic heterocycles. The van der Waals surface area contributed by atoms with Crippen LogP contribution in [-0.4, -0.2) is 5.54 Å². The fourth-order valence-electron chi connectivity index (χ4n) is 2.77. The molecule has 118 valence electrons. The van der Waals surface area contributed by atoms with Crippen molar-refractivity contribution in [1.29, 1.82) is 0 Å². The minimum Gasteiger partial charge on any atom is -0.324 e. The minimum atomic E-state index is -0.321. The normalized spacial score (nSPS) is 10.8. The topological polar surface area (TPSA) is 26.0 Å². The monoisotopic (exact) mass is 303 g/mol. The van der Waals surface area contributed by atoms with E-state index in [0.29, 0.717) is 0 Å². The molecule has 2 N–H and O–H groups in total. The van der Waals surface area contributed by atoms with Gasteiger partial charge in [0.2, 0.25) is 0 Å². The molecule has 1 heteroatoms. The number of benzene rings is 2. The average Bonchev–Trinajstić information content (AvgIpc) is 2.57. The lowest BCUT2D eigenvalue weighted by molar-refractivity contribution is 0.440. The Morgan fingerprint density at radius 1 is 0.783 bits per heavy atom. The van der Waals surface area contributed by atoms with Crippen molar-refractivity contribution in [2.75, 3.05) is 0 Å². The van der Waals surface area contributed by atoms with Gasteiger partial charge in [-0.05, 0) is 36.0 Å². The zero-order chi connectivity index (χ0) is 16.5. The zero-order valence-electron chi connectivity index (χ0n) is 13.6. The van der Waals surface area contributed by atoms with E-state index >= 15 is 0 Å². The molecular formula is C22H25N. The largest absolute Gasteiger partial charge is 0.324 e. The molecule has 2 aromatic carbocycles. The van der Waals surface area contributed by atoms with Crippen LogP contribution in [0, 0.1) is 0 Å². The van der Waals surface area contributed by atoms with Crippen molar-refractivity contribution in [3.63, 3.8) is 0 Å². The summed E-state index contributed by atoms with van der Waals surface area (Å²) in [6, 6.07) is 20.9. The van der Waals surface area contributed by atoms with Gasteiger partial charge in [-0.1, -0.05) is 78.9 Å². The van der Waals surface area contributed by atoms with Gasteiger partial charge < -0.3 is 5.73 Å². The molecule has 0 unspecified atom stereocenters. The van der Waals surface area contributed by atoms with Crippen molar-refractivity contribution in [3.8, 4) is 0 Å². The van der Waals surface area contributed by atoms with Crippen molar-refractivity contribution >= 4 is 5.57 Å². The third-order valence-corrected chi connectivity index (χ3v) is 3.98. The van der Waals surface area contributed by atoms with Crippen LogP contribution in [0.3, 0.4) is 0 Å². The molecule has 0 spiro atoms. The molecule has 0 aliphatic rings. The van der Waals surface area contributed by atoms with Crippen LogP contribution in [0.15, 0.2) is 92.0 Å². The van der Waals surface area contributed by atoms with E-state index in [4.69, 9.17) is 5.73 Å². The predicted molar refractivity (Wildman–Crippen MR) is 101 cm³/mol. The molecule has 23 heavy (non-hydrogen) atoms. The highest BCUT2D eigenvalue weighted by atomic mass is 14.7. The summed E-state index contributed by atoms with van der Waals surface area (Å²) in [5.74, 6) is 0. The predicted octanol–water partition coefficient (Wildman–Crippen LogP) is 5.36. The van der Waals surface area contributed by atoms with E-state index in [-0.39, 0.29) is 5.54 Å². The summed E-state index contributed by atoms with van der Waals surface area (Å²) in [6.07, 6.45) is 8.35. The van der Waals surface area contributed by atoms with Gasteiger partial charge in [0, 0.05) is 5.54 Å². The molecule has 0 aliphatic carbocycles. The van der Waals surface area contributed by atoms with E-state index in [0.717, 1.165) is 19.3 Å². The quantitative estimate of drug-likeness (QED) is 0.653. The first-order valence-electron chi connectivity index (χ1n) is 8.00. The molecule has 0 saturated heterocycles. The van der Waals surface area contributed by atoms with Crippen LogP contribution in [0.25, 0.3) is 5.57 Å². The maximum atomic E-state index is 6.54. The Hall–Kier alpha value is -2.38. The van der Waals surface area contributed by atoms with Crippen LogP contribution in [0.1, 0.15) is 30.4 Å². The molecule has 1 nitrogen and oxygen atoms in total. The zero-order valence-corrected chi connectivity index (χ0v) is 13.6. The number of nitrogens with two attached hydrogens (primary N) is 1. The summed E-state index contributed by atoms with van der Waals surface area (Å²) in [4.78, 5) is 0. The molecule has 0 atom stereocenters. The fraction of sp³-hybridized carbons (Fsp3) is 0.182. The summed E-state index contributed by atoms with van der Waals surface area (Å²) >= 11 is 0. The van der Waals surface area contributed by atoms with E-state index in [9.17, 15) is 0 Å². The van der Waals surface area contributed by atoms with Gasteiger partial charge in [0.05, 0.1) is 0 Å². The van der Waals surface area contributed by atoms with Gasteiger partial charge in [0.1, 0.15) is 0 Å². The van der Waals surface area contributed by atoms with Crippen molar-refractivity contribution in [1.82, 2.24) is 0 Å². The Morgan fingerprint density at radius 3 is 1.61 bits per heavy atom. The van der Waals surface area contributed by atoms with Crippen LogP contribution in [0.5, 0.6) is 0 Å². The molecular weight excluding hydrogens is 278 g/mol. The van der Waals surface area contributed by atoms with Crippen LogP contribution in [0.4, 0.5) is 0 Å². The molecule has 0 heterocycles. The van der Waals surface area contributed by atoms with Gasteiger partial charge in [0.25, 0.3) is 0 Å². The van der Waals surface area contributed by atoms with E-state index in [1.54, 1.807) is 0 Å². The van der Waals surface area contributed by atoms with E-state index in [1.807, 2.05) is 24.3 Å². The first kappa shape index (κ1) is 17.0. The van der Waals surface area contributed by atoms with Crippen LogP contribution < -0.4 is 5.73 Å². The summed E-state index contributed by atoms with van der Waals surface area (Å²) in [5.41, 5.74) is 9.85. The Labute approximate surface area is 139 Å². The fourth-order valence-corrected chi connectivity index (χ4v) is 2.77. The van der Waals surface area contributed by atoms with Gasteiger partial charge in [-0.25, -0.2) is 0 Å². The van der Waals surface area contributed by atoms with Crippen LogP contribution in [-0.2, 0) is 0 Å². The SMILES string of the molecule is C=CCC(N)(CC=C)CC=C(c1ccccc1)c1ccccc1. The van der Waals surface area contributed by atoms with Gasteiger partial charge >= 0.3 is 0 Å². The molecule has 0 fully saturated rings. The summed E-state index contributed by atoms with van der Waals surface area (Å²) < 4.78 is 0. The average molecular weight is 303 g/mol. The Bertz CT molecular complexity index is 601. The highest BCUT2D eigenvalue weighted by Crippen LogP contribution is 2.27. The first-order valence-corrected chi connectivity index (χ1v) is 8.00. The second-order valence-electron chi connectivity index (χ2n) is 5.90. The number of hydrogen-bond acceptors (Lipinski definition) is 1. The summed E-state index contributed by atoms with van der Waals surface area (Å²) in [6.45, 7) is 7.67. The van der Waals surface area contributed by atoms with Crippen LogP contribution >= 0.6 is 0 Å². The maximum absolute atomic E-state index is 6.54. The Morgan fingerprint density at radius 2 is 1.22 bits per heavy atom. The minimum absolute atomic E-state index is 0.321. The van der Waals surface area contributed by atoms with Crippen molar-refractivity contribution in [3.05, 3.63) is 103 Å². The standard InChI is InChI=1S/C22H25N/c1-3-16-22(23,17-4-2)18-15-21(19-11-7-5-8-12-19)20-13-9-6-10-14-20/h3-15H,1-2,16-18,23H2. The molecule has 0 aliphatic heterocycles. The molecule has 0 saturated carbocycles. The van der Waals surface area contributed by atoms with E-state index in [1.165, 1.54) is 16.7 Å². The van der Waals surface area contributed by atoms with Crippen molar-refractivity contribution in [2.45, 2.75) is 24.8 Å². The smallest absolute Gasteiger partial charge is 0.0259 e. The number of hydrogen-bond donors (Lipinski definition) is 1. The molecule has 0 amide bonds. The lowest BCUT2D eigenvalue weighted by Crippen LogP contribution is -2.38. The number of rotatable bonds is 8. The highest BCUT2D eigenvalue weighted by Gasteiger charge is 2.20. The van der Waals surface area contributed by atoms with Gasteiger partial charge in [0.15, 0.2) is 0 Å². The Balaban J connectivity index is 2.37. The molecule has 0 radical (unpaired) electrons. The second kappa shape index (κ2) is 8.30. The maximum Gasteiger partial charge on any atom is 0.0259 e. The lowest BCUT2D eigenvalue weighted by atomic mass is 9.86. The highest BCUT2D eigenvalue weighted by molar-refractivity contribution is 5.79. The van der Waals surface area contributed by atoms with E-state index in [2.05, 4.69) is 67.8 Å². The van der Waals surface area contributed by atoms with E-state index < -0.39 is 0 Å². The molecule has 0 bridgehead atoms. The summed E-state index contributed by atoms with van der Waals surface area (Å²) in [5, 5.41) is 0.